The Morgan fingerprint density at radius 2 is 1.89 bits per heavy atom. The van der Waals surface area contributed by atoms with E-state index in [1.54, 1.807) is 0 Å². The van der Waals surface area contributed by atoms with E-state index in [9.17, 15) is 0 Å². The van der Waals surface area contributed by atoms with E-state index in [4.69, 9.17) is 5.73 Å². The van der Waals surface area contributed by atoms with Gasteiger partial charge in [-0.3, -0.25) is 4.98 Å². The maximum Gasteiger partial charge on any atom is 0.222 e. The van der Waals surface area contributed by atoms with Crippen molar-refractivity contribution in [3.05, 3.63) is 41.3 Å². The Morgan fingerprint density at radius 3 is 2.53 bits per heavy atom. The van der Waals surface area contributed by atoms with Gasteiger partial charge in [0.15, 0.2) is 0 Å². The van der Waals surface area contributed by atoms with Crippen molar-refractivity contribution in [2.75, 3.05) is 17.2 Å². The van der Waals surface area contributed by atoms with Crippen molar-refractivity contribution >= 4 is 11.8 Å². The lowest BCUT2D eigenvalue weighted by molar-refractivity contribution is 0.787. The Balaban J connectivity index is 2.24. The molecule has 0 bridgehead atoms. The highest BCUT2D eigenvalue weighted by molar-refractivity contribution is 5.43. The quantitative estimate of drug-likeness (QED) is 0.908. The predicted molar refractivity (Wildman–Crippen MR) is 76.9 cm³/mol. The van der Waals surface area contributed by atoms with Crippen LogP contribution in [0.2, 0.25) is 0 Å². The highest BCUT2D eigenvalue weighted by atomic mass is 15.2. The van der Waals surface area contributed by atoms with Crippen LogP contribution in [0.5, 0.6) is 0 Å². The number of aryl methyl sites for hydroxylation is 2. The van der Waals surface area contributed by atoms with Crippen molar-refractivity contribution in [1.82, 2.24) is 15.0 Å². The highest BCUT2D eigenvalue weighted by Crippen LogP contribution is 2.15. The van der Waals surface area contributed by atoms with E-state index >= 15 is 0 Å². The van der Waals surface area contributed by atoms with Gasteiger partial charge >= 0.3 is 0 Å². The average molecular weight is 257 g/mol. The van der Waals surface area contributed by atoms with Gasteiger partial charge in [0.1, 0.15) is 5.82 Å². The number of hydrogen-bond acceptors (Lipinski definition) is 5. The number of aromatic nitrogens is 3. The molecule has 2 aromatic rings. The van der Waals surface area contributed by atoms with Gasteiger partial charge in [0.2, 0.25) is 5.95 Å². The van der Waals surface area contributed by atoms with Gasteiger partial charge in [-0.1, -0.05) is 6.07 Å². The summed E-state index contributed by atoms with van der Waals surface area (Å²) in [6.07, 6.45) is 0. The zero-order valence-corrected chi connectivity index (χ0v) is 11.6. The molecule has 0 unspecified atom stereocenters. The largest absolute Gasteiger partial charge is 0.368 e. The molecule has 5 nitrogen and oxygen atoms in total. The fourth-order valence-electron chi connectivity index (χ4n) is 1.97. The zero-order valence-electron chi connectivity index (χ0n) is 11.6. The highest BCUT2D eigenvalue weighted by Gasteiger charge is 2.09. The van der Waals surface area contributed by atoms with Crippen LogP contribution < -0.4 is 10.6 Å². The molecule has 2 N–H and O–H groups in total. The van der Waals surface area contributed by atoms with Crippen LogP contribution in [0.1, 0.15) is 24.0 Å². The molecular weight excluding hydrogens is 238 g/mol. The molecule has 0 aliphatic heterocycles. The fourth-order valence-corrected chi connectivity index (χ4v) is 1.97. The summed E-state index contributed by atoms with van der Waals surface area (Å²) < 4.78 is 0. The zero-order chi connectivity index (χ0) is 13.8. The lowest BCUT2D eigenvalue weighted by Crippen LogP contribution is -2.24. The normalized spacial score (nSPS) is 10.5. The smallest absolute Gasteiger partial charge is 0.222 e. The van der Waals surface area contributed by atoms with Gasteiger partial charge < -0.3 is 10.6 Å². The van der Waals surface area contributed by atoms with Crippen molar-refractivity contribution < 1.29 is 0 Å². The molecule has 2 rings (SSSR count). The van der Waals surface area contributed by atoms with Crippen molar-refractivity contribution in [2.24, 2.45) is 0 Å². The van der Waals surface area contributed by atoms with Gasteiger partial charge in [0.05, 0.1) is 12.2 Å². The lowest BCUT2D eigenvalue weighted by atomic mass is 10.3. The molecule has 2 aromatic heterocycles. The minimum absolute atomic E-state index is 0.311. The van der Waals surface area contributed by atoms with E-state index in [0.29, 0.717) is 12.5 Å². The van der Waals surface area contributed by atoms with E-state index in [1.807, 2.05) is 38.1 Å². The number of nitrogens with two attached hydrogens (primary N) is 1. The fraction of sp³-hybridized carbons (Fsp3) is 0.357. The molecule has 0 aliphatic carbocycles. The SMILES string of the molecule is CCN(Cc1cccc(C)n1)c1cc(C)nc(N)n1. The molecule has 19 heavy (non-hydrogen) atoms. The third-order valence-electron chi connectivity index (χ3n) is 2.86. The first-order valence-corrected chi connectivity index (χ1v) is 6.37. The van der Waals surface area contributed by atoms with Crippen LogP contribution in [0.3, 0.4) is 0 Å². The maximum atomic E-state index is 5.70. The third kappa shape index (κ3) is 3.40. The van der Waals surface area contributed by atoms with Crippen LogP contribution in [0.25, 0.3) is 0 Å². The monoisotopic (exact) mass is 257 g/mol. The van der Waals surface area contributed by atoms with Crippen LogP contribution in [0.4, 0.5) is 11.8 Å². The number of rotatable bonds is 4. The second-order valence-corrected chi connectivity index (χ2v) is 4.51. The summed E-state index contributed by atoms with van der Waals surface area (Å²) in [5.74, 6) is 1.15. The lowest BCUT2D eigenvalue weighted by Gasteiger charge is -2.22. The van der Waals surface area contributed by atoms with Crippen molar-refractivity contribution in [3.8, 4) is 0 Å². The minimum Gasteiger partial charge on any atom is -0.368 e. The van der Waals surface area contributed by atoms with Gasteiger partial charge in [-0.2, -0.15) is 4.98 Å². The van der Waals surface area contributed by atoms with Crippen molar-refractivity contribution in [2.45, 2.75) is 27.3 Å². The van der Waals surface area contributed by atoms with Crippen LogP contribution in [-0.4, -0.2) is 21.5 Å². The molecule has 0 aromatic carbocycles. The van der Waals surface area contributed by atoms with E-state index in [-0.39, 0.29) is 0 Å². The Kier molecular flexibility index (Phi) is 3.94. The first-order valence-electron chi connectivity index (χ1n) is 6.37. The molecule has 0 amide bonds. The summed E-state index contributed by atoms with van der Waals surface area (Å²) in [7, 11) is 0. The summed E-state index contributed by atoms with van der Waals surface area (Å²) in [4.78, 5) is 15.0. The first-order chi connectivity index (χ1) is 9.08. The molecule has 5 heteroatoms. The average Bonchev–Trinajstić information content (AvgIpc) is 2.34. The Hall–Kier alpha value is -2.17. The number of nitrogen functional groups attached to an aromatic ring is 1. The third-order valence-corrected chi connectivity index (χ3v) is 2.86. The van der Waals surface area contributed by atoms with Crippen LogP contribution >= 0.6 is 0 Å². The molecule has 0 radical (unpaired) electrons. The van der Waals surface area contributed by atoms with E-state index in [0.717, 1.165) is 29.4 Å². The summed E-state index contributed by atoms with van der Waals surface area (Å²) in [5, 5.41) is 0. The number of pyridine rings is 1. The van der Waals surface area contributed by atoms with Gasteiger partial charge in [0, 0.05) is 24.0 Å². The Morgan fingerprint density at radius 1 is 1.11 bits per heavy atom. The second-order valence-electron chi connectivity index (χ2n) is 4.51. The summed E-state index contributed by atoms with van der Waals surface area (Å²) in [5.41, 5.74) is 8.62. The molecule has 0 fully saturated rings. The van der Waals surface area contributed by atoms with Crippen molar-refractivity contribution in [1.29, 1.82) is 0 Å². The summed E-state index contributed by atoms with van der Waals surface area (Å²) in [6, 6.07) is 7.97. The van der Waals surface area contributed by atoms with Crippen molar-refractivity contribution in [3.63, 3.8) is 0 Å². The Bertz CT molecular complexity index is 547. The molecule has 0 saturated heterocycles. The predicted octanol–water partition coefficient (Wildman–Crippen LogP) is 2.10. The van der Waals surface area contributed by atoms with Gasteiger partial charge in [0.25, 0.3) is 0 Å². The van der Waals surface area contributed by atoms with Crippen LogP contribution in [0.15, 0.2) is 24.3 Å². The molecule has 0 saturated carbocycles. The maximum absolute atomic E-state index is 5.70. The molecule has 0 aliphatic rings. The van der Waals surface area contributed by atoms with Crippen LogP contribution in [-0.2, 0) is 6.54 Å². The number of anilines is 2. The van der Waals surface area contributed by atoms with E-state index < -0.39 is 0 Å². The molecule has 0 spiro atoms. The molecule has 0 atom stereocenters. The second kappa shape index (κ2) is 5.65. The standard InChI is InChI=1S/C14H19N5/c1-4-19(9-12-7-5-6-10(2)16-12)13-8-11(3)17-14(15)18-13/h5-8H,4,9H2,1-3H3,(H2,15,17,18). The van der Waals surface area contributed by atoms with E-state index in [1.165, 1.54) is 0 Å². The number of hydrogen-bond donors (Lipinski definition) is 1. The number of nitrogens with zero attached hydrogens (tertiary/aromatic N) is 4. The molecule has 100 valence electrons. The molecular formula is C14H19N5. The summed E-state index contributed by atoms with van der Waals surface area (Å²) >= 11 is 0. The van der Waals surface area contributed by atoms with Gasteiger partial charge in [-0.05, 0) is 32.9 Å². The van der Waals surface area contributed by atoms with E-state index in [2.05, 4.69) is 26.8 Å². The minimum atomic E-state index is 0.311. The van der Waals surface area contributed by atoms with Gasteiger partial charge in [-0.25, -0.2) is 4.98 Å². The molecule has 2 heterocycles. The topological polar surface area (TPSA) is 67.9 Å². The van der Waals surface area contributed by atoms with Gasteiger partial charge in [-0.15, -0.1) is 0 Å². The summed E-state index contributed by atoms with van der Waals surface area (Å²) in [6.45, 7) is 7.55. The Labute approximate surface area is 113 Å². The first kappa shape index (κ1) is 13.3. The van der Waals surface area contributed by atoms with Crippen LogP contribution in [0, 0.1) is 13.8 Å².